The van der Waals surface area contributed by atoms with Crippen LogP contribution in [0.15, 0.2) is 47.7 Å². The van der Waals surface area contributed by atoms with Crippen molar-refractivity contribution in [1.29, 1.82) is 0 Å². The number of esters is 1. The average Bonchev–Trinajstić information content (AvgIpc) is 2.39. The predicted molar refractivity (Wildman–Crippen MR) is 73.3 cm³/mol. The van der Waals surface area contributed by atoms with Crippen LogP contribution in [0.2, 0.25) is 0 Å². The van der Waals surface area contributed by atoms with E-state index in [9.17, 15) is 4.79 Å². The Morgan fingerprint density at radius 3 is 2.67 bits per heavy atom. The smallest absolute Gasteiger partial charge is 0.342 e. The zero-order valence-corrected chi connectivity index (χ0v) is 11.1. The number of benzene rings is 1. The van der Waals surface area contributed by atoms with Gasteiger partial charge in [0.1, 0.15) is 0 Å². The quantitative estimate of drug-likeness (QED) is 0.330. The molecule has 0 radical (unpaired) electrons. The van der Waals surface area contributed by atoms with Crippen LogP contribution in [-0.2, 0) is 16.0 Å². The van der Waals surface area contributed by atoms with E-state index < -0.39 is 0 Å². The van der Waals surface area contributed by atoms with Gasteiger partial charge in [0.15, 0.2) is 0 Å². The second kappa shape index (κ2) is 8.32. The lowest BCUT2D eigenvalue weighted by atomic mass is 10.1. The fourth-order valence-corrected chi connectivity index (χ4v) is 1.55. The van der Waals surface area contributed by atoms with Crippen molar-refractivity contribution in [2.75, 3.05) is 6.61 Å². The van der Waals surface area contributed by atoms with Crippen LogP contribution in [0.25, 0.3) is 0 Å². The molecule has 0 unspecified atom stereocenters. The highest BCUT2D eigenvalue weighted by molar-refractivity contribution is 5.88. The molecule has 1 aromatic carbocycles. The lowest BCUT2D eigenvalue weighted by Gasteiger charge is -2.06. The molecule has 0 N–H and O–H groups in total. The fraction of sp³-hybridized carbons (Fsp3) is 0.375. The van der Waals surface area contributed by atoms with Gasteiger partial charge in [0.25, 0.3) is 0 Å². The molecule has 0 aromatic heterocycles. The molecule has 2 nitrogen and oxygen atoms in total. The Kier molecular flexibility index (Phi) is 6.60. The monoisotopic (exact) mass is 244 g/mol. The Hall–Kier alpha value is -1.79. The van der Waals surface area contributed by atoms with Crippen LogP contribution >= 0.6 is 0 Å². The minimum absolute atomic E-state index is 0.259. The first kappa shape index (κ1) is 14.3. The van der Waals surface area contributed by atoms with Crippen LogP contribution in [0.1, 0.15) is 32.3 Å². The molecule has 0 saturated carbocycles. The zero-order valence-electron chi connectivity index (χ0n) is 11.1. The van der Waals surface area contributed by atoms with E-state index in [1.54, 1.807) is 6.08 Å². The SMILES string of the molecule is CC=C=C(Cc1ccccc1)C(=O)OCCCC. The summed E-state index contributed by atoms with van der Waals surface area (Å²) in [5.74, 6) is -0.259. The van der Waals surface area contributed by atoms with E-state index in [-0.39, 0.29) is 5.97 Å². The van der Waals surface area contributed by atoms with Crippen molar-refractivity contribution >= 4 is 5.97 Å². The largest absolute Gasteiger partial charge is 0.462 e. The molecule has 0 heterocycles. The summed E-state index contributed by atoms with van der Waals surface area (Å²) in [6.07, 6.45) is 4.24. The Bertz CT molecular complexity index is 426. The summed E-state index contributed by atoms with van der Waals surface area (Å²) in [6, 6.07) is 9.88. The van der Waals surface area contributed by atoms with Crippen LogP contribution < -0.4 is 0 Å². The van der Waals surface area contributed by atoms with Gasteiger partial charge in [-0.3, -0.25) is 0 Å². The number of hydrogen-bond acceptors (Lipinski definition) is 2. The van der Waals surface area contributed by atoms with Crippen molar-refractivity contribution in [1.82, 2.24) is 0 Å². The van der Waals surface area contributed by atoms with Gasteiger partial charge in [-0.1, -0.05) is 43.7 Å². The first-order chi connectivity index (χ1) is 8.77. The summed E-state index contributed by atoms with van der Waals surface area (Å²) < 4.78 is 5.21. The molecule has 1 aromatic rings. The molecule has 96 valence electrons. The first-order valence-electron chi connectivity index (χ1n) is 6.39. The van der Waals surface area contributed by atoms with Gasteiger partial charge >= 0.3 is 5.97 Å². The van der Waals surface area contributed by atoms with Crippen LogP contribution in [0.4, 0.5) is 0 Å². The summed E-state index contributed by atoms with van der Waals surface area (Å²) in [6.45, 7) is 4.41. The van der Waals surface area contributed by atoms with Crippen molar-refractivity contribution in [3.63, 3.8) is 0 Å². The molecule has 0 saturated heterocycles. The van der Waals surface area contributed by atoms with E-state index in [4.69, 9.17) is 4.74 Å². The van der Waals surface area contributed by atoms with E-state index in [2.05, 4.69) is 12.7 Å². The Labute approximate surface area is 109 Å². The number of carbonyl (C=O) groups is 1. The maximum Gasteiger partial charge on any atom is 0.342 e. The second-order valence-electron chi connectivity index (χ2n) is 4.06. The number of ether oxygens (including phenoxy) is 1. The van der Waals surface area contributed by atoms with Gasteiger partial charge in [0.05, 0.1) is 12.2 Å². The molecular formula is C16H20O2. The van der Waals surface area contributed by atoms with Crippen molar-refractivity contribution in [2.45, 2.75) is 33.1 Å². The molecule has 0 amide bonds. The molecule has 0 aliphatic rings. The maximum absolute atomic E-state index is 11.9. The van der Waals surface area contributed by atoms with Crippen molar-refractivity contribution in [3.05, 3.63) is 53.3 Å². The number of carbonyl (C=O) groups excluding carboxylic acids is 1. The standard InChI is InChI=1S/C16H20O2/c1-3-5-12-18-16(17)15(9-4-2)13-14-10-7-6-8-11-14/h4,6-8,10-11H,3,5,12-13H2,1-2H3. The van der Waals surface area contributed by atoms with Gasteiger partial charge in [-0.05, 0) is 25.0 Å². The number of rotatable bonds is 6. The van der Waals surface area contributed by atoms with Crippen molar-refractivity contribution in [3.8, 4) is 0 Å². The summed E-state index contributed by atoms with van der Waals surface area (Å²) in [5.41, 5.74) is 4.65. The first-order valence-corrected chi connectivity index (χ1v) is 6.39. The van der Waals surface area contributed by atoms with E-state index in [1.165, 1.54) is 0 Å². The van der Waals surface area contributed by atoms with Crippen LogP contribution in [-0.4, -0.2) is 12.6 Å². The third-order valence-corrected chi connectivity index (χ3v) is 2.52. The molecule has 18 heavy (non-hydrogen) atoms. The molecule has 2 heteroatoms. The van der Waals surface area contributed by atoms with Crippen molar-refractivity contribution < 1.29 is 9.53 Å². The van der Waals surface area contributed by atoms with Gasteiger partial charge in [0, 0.05) is 6.42 Å². The minimum Gasteiger partial charge on any atom is -0.462 e. The number of hydrogen-bond donors (Lipinski definition) is 0. The number of unbranched alkanes of at least 4 members (excludes halogenated alkanes) is 1. The topological polar surface area (TPSA) is 26.3 Å². The summed E-state index contributed by atoms with van der Waals surface area (Å²) in [5, 5.41) is 0. The summed E-state index contributed by atoms with van der Waals surface area (Å²) >= 11 is 0. The molecule has 0 bridgehead atoms. The lowest BCUT2D eigenvalue weighted by Crippen LogP contribution is -2.10. The maximum atomic E-state index is 11.9. The minimum atomic E-state index is -0.259. The van der Waals surface area contributed by atoms with Gasteiger partial charge in [-0.15, -0.1) is 5.73 Å². The molecule has 0 aliphatic heterocycles. The van der Waals surface area contributed by atoms with Gasteiger partial charge in [-0.25, -0.2) is 4.79 Å². The zero-order chi connectivity index (χ0) is 13.2. The van der Waals surface area contributed by atoms with E-state index >= 15 is 0 Å². The molecule has 0 spiro atoms. The molecule has 0 atom stereocenters. The van der Waals surface area contributed by atoms with E-state index in [0.717, 1.165) is 18.4 Å². The van der Waals surface area contributed by atoms with Crippen molar-refractivity contribution in [2.24, 2.45) is 0 Å². The Balaban J connectivity index is 2.67. The van der Waals surface area contributed by atoms with E-state index in [1.807, 2.05) is 37.3 Å². The van der Waals surface area contributed by atoms with E-state index in [0.29, 0.717) is 18.6 Å². The molecule has 1 rings (SSSR count). The normalized spacial score (nSPS) is 9.44. The third-order valence-electron chi connectivity index (χ3n) is 2.52. The summed E-state index contributed by atoms with van der Waals surface area (Å²) in [4.78, 5) is 11.9. The highest BCUT2D eigenvalue weighted by atomic mass is 16.5. The van der Waals surface area contributed by atoms with Crippen LogP contribution in [0.5, 0.6) is 0 Å². The Morgan fingerprint density at radius 1 is 1.33 bits per heavy atom. The lowest BCUT2D eigenvalue weighted by molar-refractivity contribution is -0.139. The van der Waals surface area contributed by atoms with Gasteiger partial charge < -0.3 is 4.74 Å². The van der Waals surface area contributed by atoms with Crippen LogP contribution in [0, 0.1) is 0 Å². The average molecular weight is 244 g/mol. The van der Waals surface area contributed by atoms with Crippen LogP contribution in [0.3, 0.4) is 0 Å². The molecule has 0 fully saturated rings. The predicted octanol–water partition coefficient (Wildman–Crippen LogP) is 3.67. The highest BCUT2D eigenvalue weighted by Gasteiger charge is 2.10. The molecular weight excluding hydrogens is 224 g/mol. The third kappa shape index (κ3) is 5.03. The highest BCUT2D eigenvalue weighted by Crippen LogP contribution is 2.09. The fourth-order valence-electron chi connectivity index (χ4n) is 1.55. The second-order valence-corrected chi connectivity index (χ2v) is 4.06. The Morgan fingerprint density at radius 2 is 2.06 bits per heavy atom. The molecule has 0 aliphatic carbocycles. The van der Waals surface area contributed by atoms with Gasteiger partial charge in [0.2, 0.25) is 0 Å². The van der Waals surface area contributed by atoms with Gasteiger partial charge in [-0.2, -0.15) is 0 Å². The summed E-state index contributed by atoms with van der Waals surface area (Å²) in [7, 11) is 0.